The number of piperidine rings is 1. The number of hydrogen-bond donors (Lipinski definition) is 5. The SMILES string of the molecule is CC(=O)O.CCN1C[C@]2(OC(=O)c3ccccc3NC(C)=O)CC[C@H](OC)[C@]34C1[C@H](C[C@H]23)[C@@]1(O)C[C@H](OC)[C@@]2(O)C[C@@H]4[C@]1(O)[C@H]2OC. The number of aliphatic hydroxyl groups is 3. The Bertz CT molecular complexity index is 1440. The summed E-state index contributed by atoms with van der Waals surface area (Å²) in [6, 6.07) is 6.65. The topological polar surface area (TPSA) is 184 Å². The fourth-order valence-corrected chi connectivity index (χ4v) is 11.6. The van der Waals surface area contributed by atoms with E-state index in [9.17, 15) is 24.9 Å². The molecule has 5 aliphatic carbocycles. The number of carboxylic acids is 1. The summed E-state index contributed by atoms with van der Waals surface area (Å²) in [4.78, 5) is 37.3. The second-order valence-electron chi connectivity index (χ2n) is 14.4. The predicted molar refractivity (Wildman–Crippen MR) is 166 cm³/mol. The Kier molecular flexibility index (Phi) is 8.35. The number of carbonyl (C=O) groups is 3. The fourth-order valence-electron chi connectivity index (χ4n) is 11.6. The molecule has 13 nitrogen and oxygen atoms in total. The molecule has 12 atom stereocenters. The molecule has 1 aromatic rings. The second-order valence-corrected chi connectivity index (χ2v) is 14.4. The Morgan fingerprint density at radius 2 is 1.64 bits per heavy atom. The molecular weight excluding hydrogens is 612 g/mol. The van der Waals surface area contributed by atoms with Gasteiger partial charge in [0.25, 0.3) is 5.97 Å². The third-order valence-corrected chi connectivity index (χ3v) is 12.7. The first-order valence-electron chi connectivity index (χ1n) is 16.4. The lowest BCUT2D eigenvalue weighted by atomic mass is 9.44. The van der Waals surface area contributed by atoms with Crippen LogP contribution in [-0.4, -0.2) is 124 Å². The Labute approximate surface area is 274 Å². The van der Waals surface area contributed by atoms with Gasteiger partial charge in [0.1, 0.15) is 28.5 Å². The Morgan fingerprint density at radius 1 is 0.979 bits per heavy atom. The van der Waals surface area contributed by atoms with E-state index in [4.69, 9.17) is 28.8 Å². The first-order valence-corrected chi connectivity index (χ1v) is 16.4. The van der Waals surface area contributed by atoms with Crippen molar-refractivity contribution in [3.63, 3.8) is 0 Å². The summed E-state index contributed by atoms with van der Waals surface area (Å²) in [6.45, 7) is 5.66. The molecule has 6 fully saturated rings. The molecule has 7 bridgehead atoms. The number of methoxy groups -OCH3 is 3. The van der Waals surface area contributed by atoms with Crippen molar-refractivity contribution in [3.8, 4) is 0 Å². The maximum absolute atomic E-state index is 14.0. The minimum Gasteiger partial charge on any atom is -0.481 e. The monoisotopic (exact) mass is 660 g/mol. The van der Waals surface area contributed by atoms with Gasteiger partial charge in [-0.05, 0) is 44.4 Å². The number of rotatable bonds is 7. The van der Waals surface area contributed by atoms with Crippen molar-refractivity contribution in [1.82, 2.24) is 4.90 Å². The van der Waals surface area contributed by atoms with Gasteiger partial charge in [-0.1, -0.05) is 19.1 Å². The van der Waals surface area contributed by atoms with Gasteiger partial charge < -0.3 is 44.7 Å². The molecule has 5 saturated carbocycles. The van der Waals surface area contributed by atoms with Crippen LogP contribution in [0.25, 0.3) is 0 Å². The number of nitrogens with one attached hydrogen (secondary N) is 1. The van der Waals surface area contributed by atoms with E-state index in [1.165, 1.54) is 21.1 Å². The van der Waals surface area contributed by atoms with Crippen LogP contribution in [0.15, 0.2) is 24.3 Å². The molecule has 0 aromatic heterocycles. The van der Waals surface area contributed by atoms with E-state index < -0.39 is 63.8 Å². The summed E-state index contributed by atoms with van der Waals surface area (Å²) in [6.07, 6.45) is -0.215. The lowest BCUT2D eigenvalue weighted by Gasteiger charge is -2.70. The number of aliphatic carboxylic acids is 1. The number of para-hydroxylation sites is 1. The van der Waals surface area contributed by atoms with Crippen LogP contribution in [0.2, 0.25) is 0 Å². The maximum atomic E-state index is 14.0. The minimum absolute atomic E-state index is 0.0723. The van der Waals surface area contributed by atoms with E-state index in [0.29, 0.717) is 38.0 Å². The van der Waals surface area contributed by atoms with Gasteiger partial charge in [-0.15, -0.1) is 0 Å². The second kappa shape index (κ2) is 11.5. The third kappa shape index (κ3) is 4.30. The van der Waals surface area contributed by atoms with Crippen LogP contribution in [0.4, 0.5) is 5.69 Å². The summed E-state index contributed by atoms with van der Waals surface area (Å²) in [5.74, 6) is -2.92. The van der Waals surface area contributed by atoms with Gasteiger partial charge in [-0.25, -0.2) is 4.79 Å². The number of benzene rings is 1. The number of amides is 1. The number of anilines is 1. The zero-order chi connectivity index (χ0) is 34.3. The summed E-state index contributed by atoms with van der Waals surface area (Å²) < 4.78 is 24.7. The Hall–Kier alpha value is -2.65. The van der Waals surface area contributed by atoms with Crippen LogP contribution >= 0.6 is 0 Å². The molecule has 5 N–H and O–H groups in total. The molecule has 1 heterocycles. The van der Waals surface area contributed by atoms with Gasteiger partial charge in [0.05, 0.1) is 23.5 Å². The van der Waals surface area contributed by atoms with Crippen LogP contribution in [0.1, 0.15) is 63.2 Å². The average molecular weight is 661 g/mol. The van der Waals surface area contributed by atoms with Gasteiger partial charge in [0.2, 0.25) is 5.91 Å². The van der Waals surface area contributed by atoms with E-state index in [-0.39, 0.29) is 42.4 Å². The molecule has 1 amide bonds. The molecule has 7 rings (SSSR count). The highest BCUT2D eigenvalue weighted by Crippen LogP contribution is 2.79. The van der Waals surface area contributed by atoms with E-state index in [2.05, 4.69) is 17.1 Å². The first-order chi connectivity index (χ1) is 22.2. The molecule has 1 aliphatic heterocycles. The molecule has 13 heteroatoms. The van der Waals surface area contributed by atoms with Crippen molar-refractivity contribution in [2.24, 2.45) is 23.2 Å². The minimum atomic E-state index is -1.76. The number of fused-ring (bicyclic) bond motifs is 2. The number of nitrogens with zero attached hydrogens (tertiary/aromatic N) is 1. The molecule has 1 unspecified atom stereocenters. The number of likely N-dealkylation sites (tertiary alicyclic amines) is 1. The van der Waals surface area contributed by atoms with Crippen LogP contribution in [-0.2, 0) is 28.5 Å². The number of carboxylic acid groups (broad SMARTS) is 1. The lowest BCUT2D eigenvalue weighted by molar-refractivity contribution is -0.347. The van der Waals surface area contributed by atoms with Crippen LogP contribution < -0.4 is 5.32 Å². The first kappa shape index (κ1) is 34.2. The summed E-state index contributed by atoms with van der Waals surface area (Å²) in [7, 11) is 4.68. The molecule has 260 valence electrons. The molecule has 1 aromatic carbocycles. The fraction of sp³-hybridized carbons (Fsp3) is 0.735. The summed E-state index contributed by atoms with van der Waals surface area (Å²) in [5.41, 5.74) is -5.92. The van der Waals surface area contributed by atoms with Crippen molar-refractivity contribution < 1.29 is 53.8 Å². The quantitative estimate of drug-likeness (QED) is 0.266. The molecular formula is C34H48N2O11. The highest BCUT2D eigenvalue weighted by molar-refractivity contribution is 6.00. The van der Waals surface area contributed by atoms with E-state index in [1.807, 2.05) is 0 Å². The number of carbonyl (C=O) groups excluding carboxylic acids is 2. The molecule has 6 aliphatic rings. The third-order valence-electron chi connectivity index (χ3n) is 12.7. The number of ether oxygens (including phenoxy) is 4. The standard InChI is InChI=1S/C32H44N2O9.C2H4O2/c1-6-34-16-28(43-26(36)18-9-7-8-10-20(18)33-17(2)35)12-11-23(40-3)31-21(28)13-19(25(31)34)30(38)15-24(41-4)29(37)14-22(31)32(30,39)27(29)42-5;1-2(3)4/h7-10,19,21-25,27,37-39H,6,11-16H2,1-5H3,(H,33,35);1H3,(H,3,4)/t19-,21+,22-,23-,24-,25?,27-,28+,29-,30-,31-,32-;/m0./s1. The number of hydrogen-bond acceptors (Lipinski definition) is 11. The highest BCUT2D eigenvalue weighted by atomic mass is 16.6. The van der Waals surface area contributed by atoms with Crippen molar-refractivity contribution in [2.75, 3.05) is 39.7 Å². The molecule has 1 spiro atoms. The molecule has 0 radical (unpaired) electrons. The maximum Gasteiger partial charge on any atom is 0.340 e. The van der Waals surface area contributed by atoms with E-state index >= 15 is 0 Å². The molecule has 1 saturated heterocycles. The Morgan fingerprint density at radius 3 is 2.23 bits per heavy atom. The molecule has 47 heavy (non-hydrogen) atoms. The van der Waals surface area contributed by atoms with Gasteiger partial charge in [0, 0.05) is 77.4 Å². The van der Waals surface area contributed by atoms with Gasteiger partial charge >= 0.3 is 5.97 Å². The van der Waals surface area contributed by atoms with Crippen molar-refractivity contribution in [1.29, 1.82) is 0 Å². The van der Waals surface area contributed by atoms with Gasteiger partial charge in [-0.3, -0.25) is 14.5 Å². The van der Waals surface area contributed by atoms with Gasteiger partial charge in [0.15, 0.2) is 0 Å². The average Bonchev–Trinajstić information content (AvgIpc) is 3.40. The van der Waals surface area contributed by atoms with E-state index in [0.717, 1.165) is 6.92 Å². The largest absolute Gasteiger partial charge is 0.481 e. The highest BCUT2D eigenvalue weighted by Gasteiger charge is 2.91. The van der Waals surface area contributed by atoms with Crippen molar-refractivity contribution >= 4 is 23.5 Å². The zero-order valence-corrected chi connectivity index (χ0v) is 27.9. The zero-order valence-electron chi connectivity index (χ0n) is 27.9. The van der Waals surface area contributed by atoms with Crippen LogP contribution in [0.3, 0.4) is 0 Å². The predicted octanol–water partition coefficient (Wildman–Crippen LogP) is 1.43. The van der Waals surface area contributed by atoms with Crippen LogP contribution in [0, 0.1) is 23.2 Å². The number of esters is 1. The van der Waals surface area contributed by atoms with Gasteiger partial charge in [-0.2, -0.15) is 0 Å². The lowest BCUT2D eigenvalue weighted by Crippen LogP contribution is -2.84. The normalized spacial score (nSPS) is 45.4. The van der Waals surface area contributed by atoms with E-state index in [1.54, 1.807) is 31.4 Å². The Balaban J connectivity index is 0.000000915. The number of likely N-dealkylation sites (N-methyl/N-ethyl adjacent to an activating group) is 1. The summed E-state index contributed by atoms with van der Waals surface area (Å²) in [5, 5.41) is 48.0. The smallest absolute Gasteiger partial charge is 0.340 e. The van der Waals surface area contributed by atoms with Crippen molar-refractivity contribution in [3.05, 3.63) is 29.8 Å². The van der Waals surface area contributed by atoms with Crippen molar-refractivity contribution in [2.45, 2.75) is 99.6 Å². The summed E-state index contributed by atoms with van der Waals surface area (Å²) >= 11 is 0. The van der Waals surface area contributed by atoms with Crippen LogP contribution in [0.5, 0.6) is 0 Å².